The number of halogens is 2. The molecule has 30 heavy (non-hydrogen) atoms. The number of hydrogen-bond acceptors (Lipinski definition) is 4. The summed E-state index contributed by atoms with van der Waals surface area (Å²) in [6.45, 7) is 8.77. The van der Waals surface area contributed by atoms with E-state index in [1.807, 2.05) is 36.7 Å². The molecule has 7 heteroatoms. The summed E-state index contributed by atoms with van der Waals surface area (Å²) >= 11 is 13.0. The Hall–Kier alpha value is -0.970. The first-order valence-corrected chi connectivity index (χ1v) is 12.3. The number of rotatable bonds is 4. The van der Waals surface area contributed by atoms with E-state index in [1.165, 1.54) is 5.56 Å². The topological polar surface area (TPSA) is 44.8 Å². The van der Waals surface area contributed by atoms with Gasteiger partial charge in [0.05, 0.1) is 6.04 Å². The lowest BCUT2D eigenvalue weighted by Crippen LogP contribution is -2.47. The molecule has 2 unspecified atom stereocenters. The monoisotopic (exact) mass is 465 g/mol. The van der Waals surface area contributed by atoms with Gasteiger partial charge in [0.1, 0.15) is 12.7 Å². The van der Waals surface area contributed by atoms with Crippen LogP contribution in [0, 0.1) is 5.41 Å². The summed E-state index contributed by atoms with van der Waals surface area (Å²) < 4.78 is 14.2. The second-order valence-corrected chi connectivity index (χ2v) is 11.2. The van der Waals surface area contributed by atoms with Crippen LogP contribution in [0.25, 0.3) is 0 Å². The standard InChI is InChI=1S/C23H26Cl2NO3P/c1-4-8-20-17-10-6-5-9-16(17)13-14-26(20)30(27)28-15-23(2,3)22(29-30)21-18(24)11-7-12-19(21)25/h4-7,9-12,20,22H,1,8,13-15H2,2-3H3/t20?,22-,30?/m0/s1. The van der Waals surface area contributed by atoms with Gasteiger partial charge >= 0.3 is 8.09 Å². The highest BCUT2D eigenvalue weighted by Gasteiger charge is 2.55. The highest BCUT2D eigenvalue weighted by atomic mass is 35.5. The summed E-state index contributed by atoms with van der Waals surface area (Å²) in [5.41, 5.74) is 2.61. The molecule has 2 aliphatic rings. The number of fused-ring (bicyclic) bond motifs is 1. The Morgan fingerprint density at radius 1 is 1.20 bits per heavy atom. The Morgan fingerprint density at radius 2 is 1.90 bits per heavy atom. The van der Waals surface area contributed by atoms with Crippen molar-refractivity contribution in [1.29, 1.82) is 0 Å². The van der Waals surface area contributed by atoms with Crippen LogP contribution in [0.15, 0.2) is 55.1 Å². The second-order valence-electron chi connectivity index (χ2n) is 8.50. The van der Waals surface area contributed by atoms with Crippen molar-refractivity contribution in [3.05, 3.63) is 81.9 Å². The summed E-state index contributed by atoms with van der Waals surface area (Å²) in [5.74, 6) is 0. The number of hydrogen-bond donors (Lipinski definition) is 0. The summed E-state index contributed by atoms with van der Waals surface area (Å²) in [6, 6.07) is 13.5. The molecule has 0 aliphatic carbocycles. The Labute approximate surface area is 189 Å². The molecule has 0 spiro atoms. The molecule has 1 fully saturated rings. The van der Waals surface area contributed by atoms with E-state index < -0.39 is 19.6 Å². The molecule has 0 amide bonds. The lowest BCUT2D eigenvalue weighted by Gasteiger charge is -2.49. The molecule has 0 aromatic heterocycles. The van der Waals surface area contributed by atoms with Gasteiger partial charge in [0.15, 0.2) is 0 Å². The van der Waals surface area contributed by atoms with Crippen molar-refractivity contribution < 1.29 is 13.9 Å². The van der Waals surface area contributed by atoms with E-state index in [-0.39, 0.29) is 12.6 Å². The molecule has 0 bridgehead atoms. The summed E-state index contributed by atoms with van der Waals surface area (Å²) in [6.07, 6.45) is 2.72. The summed E-state index contributed by atoms with van der Waals surface area (Å²) in [7, 11) is -3.60. The maximum atomic E-state index is 14.1. The van der Waals surface area contributed by atoms with Gasteiger partial charge in [-0.05, 0) is 36.1 Å². The molecule has 2 aromatic rings. The van der Waals surface area contributed by atoms with Crippen LogP contribution in [-0.4, -0.2) is 17.8 Å². The minimum atomic E-state index is -3.60. The number of benzene rings is 2. The van der Waals surface area contributed by atoms with Crippen LogP contribution in [0.2, 0.25) is 10.0 Å². The lowest BCUT2D eigenvalue weighted by atomic mass is 9.83. The smallest absolute Gasteiger partial charge is 0.316 e. The predicted octanol–water partition coefficient (Wildman–Crippen LogP) is 6.32. The third-order valence-electron chi connectivity index (χ3n) is 5.90. The Balaban J connectivity index is 1.73. The van der Waals surface area contributed by atoms with Gasteiger partial charge in [-0.25, -0.2) is 0 Å². The molecule has 1 saturated heterocycles. The molecule has 2 aromatic carbocycles. The Morgan fingerprint density at radius 3 is 2.60 bits per heavy atom. The third-order valence-corrected chi connectivity index (χ3v) is 8.60. The van der Waals surface area contributed by atoms with E-state index in [0.29, 0.717) is 28.6 Å². The van der Waals surface area contributed by atoms with E-state index >= 15 is 0 Å². The molecular formula is C23H26Cl2NO3P. The molecule has 0 N–H and O–H groups in total. The fourth-order valence-corrected chi connectivity index (χ4v) is 7.29. The largest absolute Gasteiger partial charge is 0.616 e. The molecule has 0 radical (unpaired) electrons. The van der Waals surface area contributed by atoms with Crippen LogP contribution in [0.3, 0.4) is 0 Å². The van der Waals surface area contributed by atoms with Gasteiger partial charge in [-0.1, -0.05) is 73.5 Å². The first-order chi connectivity index (χ1) is 14.3. The molecule has 2 heterocycles. The van der Waals surface area contributed by atoms with Crippen LogP contribution in [-0.2, 0) is 15.5 Å². The van der Waals surface area contributed by atoms with E-state index in [0.717, 1.165) is 12.0 Å². The van der Waals surface area contributed by atoms with Gasteiger partial charge in [-0.3, -0.25) is 0 Å². The number of nitrogens with zero attached hydrogens (tertiary/aromatic N) is 1. The molecule has 160 valence electrons. The van der Waals surface area contributed by atoms with Gasteiger partial charge in [0.2, 0.25) is 0 Å². The fourth-order valence-electron chi connectivity index (χ4n) is 4.31. The lowest BCUT2D eigenvalue weighted by molar-refractivity contribution is -0.262. The van der Waals surface area contributed by atoms with Crippen LogP contribution in [0.5, 0.6) is 0 Å². The zero-order valence-electron chi connectivity index (χ0n) is 17.2. The first kappa shape index (κ1) is 22.2. The SMILES string of the molecule is C=CCC1c2ccccc2CCN1[P+]1([O-])OCC(C)(C)[C@H](c2c(Cl)cccc2Cl)O1. The predicted molar refractivity (Wildman–Crippen MR) is 121 cm³/mol. The average molecular weight is 466 g/mol. The van der Waals surface area contributed by atoms with Crippen LogP contribution in [0.4, 0.5) is 0 Å². The van der Waals surface area contributed by atoms with Gasteiger partial charge < -0.3 is 4.89 Å². The van der Waals surface area contributed by atoms with Crippen molar-refractivity contribution >= 4 is 31.3 Å². The highest BCUT2D eigenvalue weighted by Crippen LogP contribution is 2.69. The normalized spacial score (nSPS) is 28.7. The van der Waals surface area contributed by atoms with Crippen molar-refractivity contribution in [3.63, 3.8) is 0 Å². The maximum absolute atomic E-state index is 14.1. The zero-order chi connectivity index (χ0) is 21.5. The van der Waals surface area contributed by atoms with Crippen LogP contribution < -0.4 is 4.89 Å². The second kappa shape index (κ2) is 8.52. The van der Waals surface area contributed by atoms with Crippen molar-refractivity contribution in [3.8, 4) is 0 Å². The average Bonchev–Trinajstić information content (AvgIpc) is 2.71. The van der Waals surface area contributed by atoms with Gasteiger partial charge in [-0.2, -0.15) is 9.05 Å². The minimum absolute atomic E-state index is 0.123. The van der Waals surface area contributed by atoms with E-state index in [9.17, 15) is 4.89 Å². The minimum Gasteiger partial charge on any atom is -0.616 e. The fraction of sp³-hybridized carbons (Fsp3) is 0.391. The zero-order valence-corrected chi connectivity index (χ0v) is 19.6. The van der Waals surface area contributed by atoms with Crippen molar-refractivity contribution in [2.75, 3.05) is 13.2 Å². The van der Waals surface area contributed by atoms with Crippen molar-refractivity contribution in [2.24, 2.45) is 5.41 Å². The summed E-state index contributed by atoms with van der Waals surface area (Å²) in [4.78, 5) is 14.1. The van der Waals surface area contributed by atoms with Gasteiger partial charge in [0.25, 0.3) is 0 Å². The molecule has 3 atom stereocenters. The van der Waals surface area contributed by atoms with Crippen molar-refractivity contribution in [2.45, 2.75) is 38.8 Å². The van der Waals surface area contributed by atoms with Gasteiger partial charge in [0, 0.05) is 27.6 Å². The highest BCUT2D eigenvalue weighted by molar-refractivity contribution is 7.56. The molecule has 0 saturated carbocycles. The van der Waals surface area contributed by atoms with Crippen molar-refractivity contribution in [1.82, 2.24) is 4.67 Å². The van der Waals surface area contributed by atoms with Crippen LogP contribution in [0.1, 0.15) is 49.1 Å². The molecule has 4 rings (SSSR count). The van der Waals surface area contributed by atoms with E-state index in [2.05, 4.69) is 18.7 Å². The maximum Gasteiger partial charge on any atom is 0.316 e. The molecule has 4 nitrogen and oxygen atoms in total. The molecule has 2 aliphatic heterocycles. The molecular weight excluding hydrogens is 440 g/mol. The van der Waals surface area contributed by atoms with E-state index in [4.69, 9.17) is 32.2 Å². The third kappa shape index (κ3) is 3.96. The first-order valence-electron chi connectivity index (χ1n) is 10.1. The van der Waals surface area contributed by atoms with Gasteiger partial charge in [-0.15, -0.1) is 11.2 Å². The Bertz CT molecular complexity index is 934. The Kier molecular flexibility index (Phi) is 6.31. The van der Waals surface area contributed by atoms with Crippen LogP contribution >= 0.6 is 31.3 Å². The summed E-state index contributed by atoms with van der Waals surface area (Å²) in [5, 5.41) is 1.00. The van der Waals surface area contributed by atoms with E-state index in [1.54, 1.807) is 18.2 Å². The quantitative estimate of drug-likeness (QED) is 0.391.